The minimum Gasteiger partial charge on any atom is -0.364 e. The van der Waals surface area contributed by atoms with Crippen LogP contribution in [0, 0.1) is 5.82 Å². The molecule has 0 unspecified atom stereocenters. The molecule has 0 saturated heterocycles. The Morgan fingerprint density at radius 1 is 1.27 bits per heavy atom. The third-order valence-electron chi connectivity index (χ3n) is 1.32. The largest absolute Gasteiger partial charge is 0.364 e. The van der Waals surface area contributed by atoms with Gasteiger partial charge in [-0.3, -0.25) is 0 Å². The van der Waals surface area contributed by atoms with Crippen LogP contribution in [-0.4, -0.2) is 11.5 Å². The summed E-state index contributed by atoms with van der Waals surface area (Å²) in [6.07, 6.45) is -1.94. The summed E-state index contributed by atoms with van der Waals surface area (Å²) in [5, 5.41) is 8.31. The number of alkyl halides is 1. The lowest BCUT2D eigenvalue weighted by Crippen LogP contribution is -2.01. The van der Waals surface area contributed by atoms with E-state index in [1.54, 1.807) is 0 Å². The van der Waals surface area contributed by atoms with Crippen LogP contribution < -0.4 is 0 Å². The van der Waals surface area contributed by atoms with E-state index in [-0.39, 0.29) is 12.2 Å². The van der Waals surface area contributed by atoms with Crippen LogP contribution in [0.25, 0.3) is 0 Å². The van der Waals surface area contributed by atoms with Gasteiger partial charge >= 0.3 is 0 Å². The second-order valence-electron chi connectivity index (χ2n) is 2.27. The minimum absolute atomic E-state index is 0.0831. The van der Waals surface area contributed by atoms with Crippen molar-refractivity contribution < 1.29 is 13.9 Å². The average molecular weight is 158 g/mol. The molecule has 0 aliphatic carbocycles. The third-order valence-corrected chi connectivity index (χ3v) is 1.32. The summed E-state index contributed by atoms with van der Waals surface area (Å²) in [4.78, 5) is 0. The van der Waals surface area contributed by atoms with E-state index in [4.69, 9.17) is 5.11 Å². The average Bonchev–Trinajstić information content (AvgIpc) is 1.93. The van der Waals surface area contributed by atoms with Crippen molar-refractivity contribution in [2.45, 2.75) is 12.8 Å². The molecule has 60 valence electrons. The van der Waals surface area contributed by atoms with Crippen LogP contribution in [0.5, 0.6) is 0 Å². The summed E-state index contributed by atoms with van der Waals surface area (Å²) >= 11 is 0. The van der Waals surface area contributed by atoms with E-state index in [1.165, 1.54) is 24.3 Å². The third kappa shape index (κ3) is 2.63. The smallest absolute Gasteiger partial charge is 0.200 e. The molecule has 0 spiro atoms. The summed E-state index contributed by atoms with van der Waals surface area (Å²) in [6, 6.07) is 5.35. The number of aliphatic hydroxyl groups is 1. The second-order valence-corrected chi connectivity index (χ2v) is 2.27. The molecule has 1 N–H and O–H groups in total. The molecule has 0 bridgehead atoms. The van der Waals surface area contributed by atoms with Gasteiger partial charge in [-0.1, -0.05) is 12.1 Å². The quantitative estimate of drug-likeness (QED) is 0.693. The fourth-order valence-corrected chi connectivity index (χ4v) is 0.815. The number of rotatable bonds is 2. The molecule has 1 rings (SSSR count). The van der Waals surface area contributed by atoms with Gasteiger partial charge in [0.15, 0.2) is 6.36 Å². The molecule has 0 aromatic heterocycles. The van der Waals surface area contributed by atoms with Crippen molar-refractivity contribution in [1.29, 1.82) is 0 Å². The number of aliphatic hydroxyl groups excluding tert-OH is 1. The molecule has 1 aromatic carbocycles. The van der Waals surface area contributed by atoms with Gasteiger partial charge in [-0.25, -0.2) is 8.78 Å². The Kier molecular flexibility index (Phi) is 2.54. The topological polar surface area (TPSA) is 20.2 Å². The van der Waals surface area contributed by atoms with E-state index in [0.29, 0.717) is 5.56 Å². The van der Waals surface area contributed by atoms with Gasteiger partial charge in [-0.15, -0.1) is 0 Å². The molecule has 0 aliphatic heterocycles. The van der Waals surface area contributed by atoms with Crippen LogP contribution in [0.4, 0.5) is 8.78 Å². The van der Waals surface area contributed by atoms with Crippen LogP contribution in [0.1, 0.15) is 5.56 Å². The maximum Gasteiger partial charge on any atom is 0.200 e. The fourth-order valence-electron chi connectivity index (χ4n) is 0.815. The molecule has 0 saturated carbocycles. The number of hydrogen-bond acceptors (Lipinski definition) is 1. The summed E-state index contributed by atoms with van der Waals surface area (Å²) in [5.41, 5.74) is 0.585. The number of halogens is 2. The first kappa shape index (κ1) is 8.14. The normalized spacial score (nSPS) is 13.0. The summed E-state index contributed by atoms with van der Waals surface area (Å²) in [7, 11) is 0. The van der Waals surface area contributed by atoms with Crippen LogP contribution in [-0.2, 0) is 6.42 Å². The second kappa shape index (κ2) is 3.44. The maximum atomic E-state index is 12.3. The highest BCUT2D eigenvalue weighted by Crippen LogP contribution is 2.05. The Bertz CT molecular complexity index is 218. The highest BCUT2D eigenvalue weighted by Gasteiger charge is 2.01. The van der Waals surface area contributed by atoms with E-state index in [2.05, 4.69) is 0 Å². The predicted octanol–water partition coefficient (Wildman–Crippen LogP) is 1.66. The molecule has 0 radical (unpaired) electrons. The molecule has 11 heavy (non-hydrogen) atoms. The highest BCUT2D eigenvalue weighted by atomic mass is 19.1. The molecule has 0 fully saturated rings. The van der Waals surface area contributed by atoms with E-state index >= 15 is 0 Å². The van der Waals surface area contributed by atoms with Crippen LogP contribution in [0.15, 0.2) is 24.3 Å². The van der Waals surface area contributed by atoms with Gasteiger partial charge in [-0.2, -0.15) is 0 Å². The van der Waals surface area contributed by atoms with Crippen LogP contribution in [0.2, 0.25) is 0 Å². The Hall–Kier alpha value is -0.960. The standard InChI is InChI=1S/C8H8F2O/c9-7-3-1-6(2-4-7)5-8(10)11/h1-4,8,11H,5H2/t8-/m0/s1. The molecular formula is C8H8F2O. The van der Waals surface area contributed by atoms with E-state index in [9.17, 15) is 8.78 Å². The molecule has 0 aliphatic rings. The van der Waals surface area contributed by atoms with E-state index < -0.39 is 6.36 Å². The lowest BCUT2D eigenvalue weighted by Gasteiger charge is -1.99. The first-order valence-electron chi connectivity index (χ1n) is 3.25. The zero-order chi connectivity index (χ0) is 8.27. The van der Waals surface area contributed by atoms with Gasteiger partial charge in [0.1, 0.15) is 5.82 Å². The molecule has 3 heteroatoms. The fraction of sp³-hybridized carbons (Fsp3) is 0.250. The number of hydrogen-bond donors (Lipinski definition) is 1. The van der Waals surface area contributed by atoms with Crippen LogP contribution in [0.3, 0.4) is 0 Å². The van der Waals surface area contributed by atoms with Gasteiger partial charge < -0.3 is 5.11 Å². The van der Waals surface area contributed by atoms with Crippen molar-refractivity contribution in [1.82, 2.24) is 0 Å². The Labute approximate surface area is 63.3 Å². The lowest BCUT2D eigenvalue weighted by atomic mass is 10.1. The van der Waals surface area contributed by atoms with Gasteiger partial charge in [0, 0.05) is 6.42 Å². The minimum atomic E-state index is -1.86. The van der Waals surface area contributed by atoms with Crippen molar-refractivity contribution in [3.8, 4) is 0 Å². The molecule has 1 aromatic rings. The van der Waals surface area contributed by atoms with Crippen molar-refractivity contribution >= 4 is 0 Å². The maximum absolute atomic E-state index is 12.3. The van der Waals surface area contributed by atoms with Crippen molar-refractivity contribution in [2.75, 3.05) is 0 Å². The van der Waals surface area contributed by atoms with Gasteiger partial charge in [0.25, 0.3) is 0 Å². The highest BCUT2D eigenvalue weighted by molar-refractivity contribution is 5.16. The van der Waals surface area contributed by atoms with Crippen molar-refractivity contribution in [2.24, 2.45) is 0 Å². The molecule has 1 atom stereocenters. The van der Waals surface area contributed by atoms with Crippen LogP contribution >= 0.6 is 0 Å². The molecule has 0 amide bonds. The Morgan fingerprint density at radius 2 is 1.82 bits per heavy atom. The summed E-state index contributed by atoms with van der Waals surface area (Å²) in [5.74, 6) is -0.359. The Morgan fingerprint density at radius 3 is 2.27 bits per heavy atom. The lowest BCUT2D eigenvalue weighted by molar-refractivity contribution is 0.0429. The van der Waals surface area contributed by atoms with E-state index in [1.807, 2.05) is 0 Å². The van der Waals surface area contributed by atoms with Gasteiger partial charge in [0.2, 0.25) is 0 Å². The Balaban J connectivity index is 2.66. The SMILES string of the molecule is O[C@H](F)Cc1ccc(F)cc1. The first-order chi connectivity index (χ1) is 5.18. The van der Waals surface area contributed by atoms with Crippen molar-refractivity contribution in [3.63, 3.8) is 0 Å². The van der Waals surface area contributed by atoms with Gasteiger partial charge in [-0.05, 0) is 17.7 Å². The zero-order valence-corrected chi connectivity index (χ0v) is 5.80. The first-order valence-corrected chi connectivity index (χ1v) is 3.25. The molecule has 1 nitrogen and oxygen atoms in total. The van der Waals surface area contributed by atoms with Crippen molar-refractivity contribution in [3.05, 3.63) is 35.6 Å². The molecule has 0 heterocycles. The zero-order valence-electron chi connectivity index (χ0n) is 5.80. The molecular weight excluding hydrogens is 150 g/mol. The monoisotopic (exact) mass is 158 g/mol. The van der Waals surface area contributed by atoms with E-state index in [0.717, 1.165) is 0 Å². The van der Waals surface area contributed by atoms with Gasteiger partial charge in [0.05, 0.1) is 0 Å². The number of benzene rings is 1. The summed E-state index contributed by atoms with van der Waals surface area (Å²) in [6.45, 7) is 0. The predicted molar refractivity (Wildman–Crippen MR) is 37.2 cm³/mol. The summed E-state index contributed by atoms with van der Waals surface area (Å²) < 4.78 is 24.2.